The van der Waals surface area contributed by atoms with Gasteiger partial charge in [0.25, 0.3) is 0 Å². The second-order valence-corrected chi connectivity index (χ2v) is 6.33. The van der Waals surface area contributed by atoms with Crippen LogP contribution >= 0.6 is 0 Å². The summed E-state index contributed by atoms with van der Waals surface area (Å²) in [6.07, 6.45) is 0.180. The molecule has 0 saturated carbocycles. The lowest BCUT2D eigenvalue weighted by atomic mass is 10.1. The Morgan fingerprint density at radius 3 is 2.65 bits per heavy atom. The fourth-order valence-corrected chi connectivity index (χ4v) is 3.02. The van der Waals surface area contributed by atoms with E-state index in [1.54, 1.807) is 30.2 Å². The number of amides is 2. The van der Waals surface area contributed by atoms with Crippen LogP contribution in [0.4, 0.5) is 4.39 Å². The summed E-state index contributed by atoms with van der Waals surface area (Å²) in [5, 5.41) is 2.73. The molecule has 136 valence electrons. The van der Waals surface area contributed by atoms with E-state index in [1.165, 1.54) is 6.07 Å². The number of carbonyl (C=O) groups excluding carboxylic acids is 2. The first-order valence-electron chi connectivity index (χ1n) is 8.48. The molecule has 1 atom stereocenters. The number of halogens is 1. The van der Waals surface area contributed by atoms with Crippen LogP contribution in [0.2, 0.25) is 0 Å². The number of hydrogen-bond acceptors (Lipinski definition) is 3. The molecule has 1 heterocycles. The van der Waals surface area contributed by atoms with Gasteiger partial charge in [-0.05, 0) is 23.8 Å². The van der Waals surface area contributed by atoms with Crippen LogP contribution in [0.3, 0.4) is 0 Å². The molecule has 1 saturated heterocycles. The number of carbonyl (C=O) groups is 2. The number of ether oxygens (including phenoxy) is 1. The van der Waals surface area contributed by atoms with Crippen molar-refractivity contribution in [2.24, 2.45) is 5.92 Å². The van der Waals surface area contributed by atoms with Crippen LogP contribution in [0.5, 0.6) is 5.75 Å². The number of hydrogen-bond donors (Lipinski definition) is 1. The third-order valence-electron chi connectivity index (χ3n) is 4.53. The quantitative estimate of drug-likeness (QED) is 0.865. The average molecular weight is 356 g/mol. The number of rotatable bonds is 6. The molecule has 1 aliphatic rings. The predicted octanol–water partition coefficient (Wildman–Crippen LogP) is 2.50. The van der Waals surface area contributed by atoms with E-state index in [9.17, 15) is 14.0 Å². The summed E-state index contributed by atoms with van der Waals surface area (Å²) in [5.41, 5.74) is 1.41. The van der Waals surface area contributed by atoms with Crippen molar-refractivity contribution in [1.29, 1.82) is 0 Å². The summed E-state index contributed by atoms with van der Waals surface area (Å²) in [4.78, 5) is 26.2. The van der Waals surface area contributed by atoms with Crippen LogP contribution in [-0.4, -0.2) is 30.4 Å². The summed E-state index contributed by atoms with van der Waals surface area (Å²) >= 11 is 0. The smallest absolute Gasteiger partial charge is 0.225 e. The Hall–Kier alpha value is -2.89. The zero-order valence-electron chi connectivity index (χ0n) is 14.6. The molecule has 2 aromatic carbocycles. The summed E-state index contributed by atoms with van der Waals surface area (Å²) in [6.45, 7) is 0.947. The van der Waals surface area contributed by atoms with E-state index in [2.05, 4.69) is 5.32 Å². The third kappa shape index (κ3) is 4.20. The maximum atomic E-state index is 13.6. The highest BCUT2D eigenvalue weighted by molar-refractivity contribution is 5.89. The number of methoxy groups -OCH3 is 1. The summed E-state index contributed by atoms with van der Waals surface area (Å²) in [6, 6.07) is 13.8. The summed E-state index contributed by atoms with van der Waals surface area (Å²) in [5.74, 6) is -0.276. The molecule has 1 N–H and O–H groups in total. The Kier molecular flexibility index (Phi) is 5.51. The molecule has 0 aromatic heterocycles. The van der Waals surface area contributed by atoms with Gasteiger partial charge in [-0.15, -0.1) is 0 Å². The van der Waals surface area contributed by atoms with Crippen LogP contribution in [0.25, 0.3) is 0 Å². The van der Waals surface area contributed by atoms with Crippen LogP contribution in [0.15, 0.2) is 48.5 Å². The van der Waals surface area contributed by atoms with Crippen molar-refractivity contribution in [2.75, 3.05) is 13.7 Å². The highest BCUT2D eigenvalue weighted by Crippen LogP contribution is 2.21. The number of likely N-dealkylation sites (tertiary alicyclic amines) is 1. The highest BCUT2D eigenvalue weighted by atomic mass is 19.1. The maximum Gasteiger partial charge on any atom is 0.225 e. The van der Waals surface area contributed by atoms with Crippen molar-refractivity contribution in [2.45, 2.75) is 19.5 Å². The van der Waals surface area contributed by atoms with Crippen molar-refractivity contribution in [3.8, 4) is 5.75 Å². The minimum atomic E-state index is -0.410. The van der Waals surface area contributed by atoms with Gasteiger partial charge in [-0.1, -0.05) is 30.3 Å². The van der Waals surface area contributed by atoms with Gasteiger partial charge in [0.2, 0.25) is 11.8 Å². The normalized spacial score (nSPS) is 16.6. The number of nitrogens with one attached hydrogen (secondary N) is 1. The first kappa shape index (κ1) is 17.9. The molecule has 0 unspecified atom stereocenters. The van der Waals surface area contributed by atoms with E-state index in [1.807, 2.05) is 24.3 Å². The Bertz CT molecular complexity index is 792. The first-order chi connectivity index (χ1) is 12.6. The van der Waals surface area contributed by atoms with E-state index < -0.39 is 5.92 Å². The molecule has 0 spiro atoms. The van der Waals surface area contributed by atoms with Gasteiger partial charge in [0.05, 0.1) is 13.0 Å². The van der Waals surface area contributed by atoms with Gasteiger partial charge in [-0.3, -0.25) is 9.59 Å². The zero-order chi connectivity index (χ0) is 18.5. The van der Waals surface area contributed by atoms with E-state index in [0.29, 0.717) is 18.7 Å². The molecule has 1 fully saturated rings. The lowest BCUT2D eigenvalue weighted by molar-refractivity contribution is -0.129. The van der Waals surface area contributed by atoms with Gasteiger partial charge in [0, 0.05) is 31.6 Å². The minimum Gasteiger partial charge on any atom is -0.497 e. The molecule has 6 heteroatoms. The van der Waals surface area contributed by atoms with Crippen LogP contribution in [0.1, 0.15) is 17.5 Å². The SMILES string of the molecule is COc1ccc(CN2C[C@@H](C(=O)NCc3ccccc3F)CC2=O)cc1. The van der Waals surface area contributed by atoms with E-state index in [-0.39, 0.29) is 30.6 Å². The summed E-state index contributed by atoms with van der Waals surface area (Å²) < 4.78 is 18.7. The fourth-order valence-electron chi connectivity index (χ4n) is 3.02. The van der Waals surface area contributed by atoms with E-state index in [4.69, 9.17) is 4.74 Å². The molecule has 0 bridgehead atoms. The summed E-state index contributed by atoms with van der Waals surface area (Å²) in [7, 11) is 1.60. The molecule has 2 amide bonds. The van der Waals surface area contributed by atoms with E-state index >= 15 is 0 Å². The van der Waals surface area contributed by atoms with Crippen LogP contribution < -0.4 is 10.1 Å². The fraction of sp³-hybridized carbons (Fsp3) is 0.300. The molecule has 26 heavy (non-hydrogen) atoms. The van der Waals surface area contributed by atoms with Gasteiger partial charge < -0.3 is 15.0 Å². The lowest BCUT2D eigenvalue weighted by Crippen LogP contribution is -2.32. The average Bonchev–Trinajstić information content (AvgIpc) is 3.02. The topological polar surface area (TPSA) is 58.6 Å². The first-order valence-corrected chi connectivity index (χ1v) is 8.48. The molecule has 0 aliphatic carbocycles. The van der Waals surface area contributed by atoms with Crippen molar-refractivity contribution in [1.82, 2.24) is 10.2 Å². The van der Waals surface area contributed by atoms with Crippen molar-refractivity contribution in [3.63, 3.8) is 0 Å². The molecule has 3 rings (SSSR count). The molecule has 2 aromatic rings. The van der Waals surface area contributed by atoms with Crippen molar-refractivity contribution >= 4 is 11.8 Å². The van der Waals surface area contributed by atoms with Crippen molar-refractivity contribution < 1.29 is 18.7 Å². The largest absolute Gasteiger partial charge is 0.497 e. The Balaban J connectivity index is 1.54. The van der Waals surface area contributed by atoms with Gasteiger partial charge in [-0.2, -0.15) is 0 Å². The third-order valence-corrected chi connectivity index (χ3v) is 4.53. The second-order valence-electron chi connectivity index (χ2n) is 6.33. The number of benzene rings is 2. The molecule has 0 radical (unpaired) electrons. The second kappa shape index (κ2) is 7.99. The predicted molar refractivity (Wildman–Crippen MR) is 94.8 cm³/mol. The minimum absolute atomic E-state index is 0.0492. The number of nitrogens with zero attached hydrogens (tertiary/aromatic N) is 1. The van der Waals surface area contributed by atoms with Crippen LogP contribution in [-0.2, 0) is 22.7 Å². The highest BCUT2D eigenvalue weighted by Gasteiger charge is 2.34. The van der Waals surface area contributed by atoms with Crippen molar-refractivity contribution in [3.05, 3.63) is 65.5 Å². The maximum absolute atomic E-state index is 13.6. The van der Waals surface area contributed by atoms with Gasteiger partial charge in [0.15, 0.2) is 0 Å². The molecular weight excluding hydrogens is 335 g/mol. The Morgan fingerprint density at radius 1 is 1.23 bits per heavy atom. The lowest BCUT2D eigenvalue weighted by Gasteiger charge is -2.17. The molecule has 5 nitrogen and oxygen atoms in total. The monoisotopic (exact) mass is 356 g/mol. The molecular formula is C20H21FN2O3. The van der Waals surface area contributed by atoms with Gasteiger partial charge in [0.1, 0.15) is 11.6 Å². The van der Waals surface area contributed by atoms with E-state index in [0.717, 1.165) is 11.3 Å². The van der Waals surface area contributed by atoms with Gasteiger partial charge in [-0.25, -0.2) is 4.39 Å². The standard InChI is InChI=1S/C20H21FN2O3/c1-26-17-8-6-14(7-9-17)12-23-13-16(10-19(23)24)20(25)22-11-15-4-2-3-5-18(15)21/h2-9,16H,10-13H2,1H3,(H,22,25)/t16-/m0/s1. The molecule has 1 aliphatic heterocycles. The zero-order valence-corrected chi connectivity index (χ0v) is 14.6. The Labute approximate surface area is 151 Å². The Morgan fingerprint density at radius 2 is 1.96 bits per heavy atom. The van der Waals surface area contributed by atoms with Gasteiger partial charge >= 0.3 is 0 Å². The van der Waals surface area contributed by atoms with Crippen LogP contribution in [0, 0.1) is 11.7 Å².